The number of carbonyl (C=O) groups is 2. The summed E-state index contributed by atoms with van der Waals surface area (Å²) in [4.78, 5) is 21.7. The van der Waals surface area contributed by atoms with Crippen molar-refractivity contribution < 1.29 is 16.1 Å². The molecule has 0 aromatic rings. The van der Waals surface area contributed by atoms with Crippen molar-refractivity contribution >= 4 is 29.5 Å². The molecule has 4 atom stereocenters. The van der Waals surface area contributed by atoms with Crippen molar-refractivity contribution in [1.82, 2.24) is 10.6 Å². The van der Waals surface area contributed by atoms with E-state index in [1.807, 2.05) is 0 Å². The summed E-state index contributed by atoms with van der Waals surface area (Å²) in [6.45, 7) is 0. The van der Waals surface area contributed by atoms with Crippen LogP contribution in [0.3, 0.4) is 0 Å². The summed E-state index contributed by atoms with van der Waals surface area (Å²) in [6, 6.07) is 0.0338. The molecule has 17 heavy (non-hydrogen) atoms. The number of aliphatic carboxylic acids is 1. The maximum Gasteiger partial charge on any atom is 0.315 e. The lowest BCUT2D eigenvalue weighted by Crippen LogP contribution is -2.37. The largest absolute Gasteiger partial charge is 0.481 e. The molecule has 0 aromatic carbocycles. The Balaban J connectivity index is 1.82. The lowest BCUT2D eigenvalue weighted by Gasteiger charge is -2.16. The second-order valence-corrected chi connectivity index (χ2v) is 5.44. The Labute approximate surface area is 104 Å². The van der Waals surface area contributed by atoms with E-state index in [1.165, 1.54) is 0 Å². The number of hydrogen-bond acceptors (Lipinski definition) is 4. The predicted octanol–water partition coefficient (Wildman–Crippen LogP) is 0.426. The van der Waals surface area contributed by atoms with Gasteiger partial charge in [0, 0.05) is 18.1 Å². The molecule has 0 radical (unpaired) electrons. The zero-order valence-electron chi connectivity index (χ0n) is 10.1. The van der Waals surface area contributed by atoms with Crippen LogP contribution in [0.5, 0.6) is 0 Å². The van der Waals surface area contributed by atoms with E-state index in [0.29, 0.717) is 6.42 Å². The molecule has 2 fully saturated rings. The van der Waals surface area contributed by atoms with Gasteiger partial charge in [0.25, 0.3) is 0 Å². The molecule has 7 heteroatoms. The zero-order valence-corrected chi connectivity index (χ0v) is 9.92. The molecule has 1 unspecified atom stereocenters. The standard InChI is InChI=1S/C10H15N3O3S/c11-5(3-8(14)15)1-2-7-9-6(4-17-7)12-10(16)13-9/h6-7,9,11H,1-4H2,(H,14,15)(H2,12,13,16)/t6-,7-,9-/m0/s1/i3D/t3?,6-,7-,9-. The van der Waals surface area contributed by atoms with Crippen molar-refractivity contribution in [3.63, 3.8) is 0 Å². The van der Waals surface area contributed by atoms with Gasteiger partial charge in [-0.05, 0) is 12.8 Å². The van der Waals surface area contributed by atoms with Gasteiger partial charge in [-0.3, -0.25) is 4.79 Å². The molecule has 94 valence electrons. The van der Waals surface area contributed by atoms with Crippen LogP contribution < -0.4 is 10.6 Å². The average Bonchev–Trinajstić information content (AvgIpc) is 2.84. The topological polar surface area (TPSA) is 102 Å². The van der Waals surface area contributed by atoms with Crippen LogP contribution in [-0.4, -0.2) is 45.9 Å². The van der Waals surface area contributed by atoms with Gasteiger partial charge >= 0.3 is 12.0 Å². The fourth-order valence-electron chi connectivity index (χ4n) is 2.16. The third-order valence-corrected chi connectivity index (χ3v) is 4.44. The number of carboxylic acids is 1. The lowest BCUT2D eigenvalue weighted by atomic mass is 10.0. The Bertz CT molecular complexity index is 393. The molecular formula is C10H15N3O3S. The van der Waals surface area contributed by atoms with Gasteiger partial charge in [-0.1, -0.05) is 0 Å². The van der Waals surface area contributed by atoms with Gasteiger partial charge in [-0.2, -0.15) is 11.8 Å². The van der Waals surface area contributed by atoms with Crippen LogP contribution in [0.2, 0.25) is 0 Å². The summed E-state index contributed by atoms with van der Waals surface area (Å²) < 4.78 is 7.27. The molecule has 0 saturated carbocycles. The van der Waals surface area contributed by atoms with Crippen molar-refractivity contribution in [1.29, 1.82) is 5.41 Å². The lowest BCUT2D eigenvalue weighted by molar-refractivity contribution is -0.135. The highest BCUT2D eigenvalue weighted by atomic mass is 32.2. The van der Waals surface area contributed by atoms with E-state index in [1.54, 1.807) is 11.8 Å². The van der Waals surface area contributed by atoms with Crippen LogP contribution in [0.1, 0.15) is 20.6 Å². The first-order chi connectivity index (χ1) is 8.49. The maximum atomic E-state index is 11.2. The number of hydrogen-bond donors (Lipinski definition) is 4. The van der Waals surface area contributed by atoms with Crippen LogP contribution in [0.4, 0.5) is 4.79 Å². The van der Waals surface area contributed by atoms with Gasteiger partial charge in [-0.15, -0.1) is 0 Å². The second kappa shape index (κ2) is 4.95. The first-order valence-corrected chi connectivity index (χ1v) is 6.45. The minimum atomic E-state index is -1.47. The van der Waals surface area contributed by atoms with E-state index < -0.39 is 12.4 Å². The molecule has 0 aliphatic carbocycles. The van der Waals surface area contributed by atoms with E-state index in [-0.39, 0.29) is 35.5 Å². The van der Waals surface area contributed by atoms with Crippen molar-refractivity contribution in [2.24, 2.45) is 0 Å². The molecule has 2 saturated heterocycles. The second-order valence-electron chi connectivity index (χ2n) is 4.17. The Morgan fingerprint density at radius 2 is 2.41 bits per heavy atom. The smallest absolute Gasteiger partial charge is 0.315 e. The summed E-state index contributed by atoms with van der Waals surface area (Å²) in [5.74, 6) is -0.447. The number of thioether (sulfide) groups is 1. The molecular weight excluding hydrogens is 242 g/mol. The highest BCUT2D eigenvalue weighted by molar-refractivity contribution is 8.00. The van der Waals surface area contributed by atoms with E-state index in [0.717, 1.165) is 5.75 Å². The van der Waals surface area contributed by atoms with Crippen molar-refractivity contribution in [2.45, 2.75) is 36.6 Å². The predicted molar refractivity (Wildman–Crippen MR) is 64.7 cm³/mol. The summed E-state index contributed by atoms with van der Waals surface area (Å²) in [6.07, 6.45) is -0.560. The molecule has 2 heterocycles. The molecule has 0 spiro atoms. The minimum Gasteiger partial charge on any atom is -0.481 e. The van der Waals surface area contributed by atoms with Gasteiger partial charge in [0.05, 0.1) is 18.5 Å². The Kier molecular flexibility index (Phi) is 3.17. The van der Waals surface area contributed by atoms with Gasteiger partial charge in [0.15, 0.2) is 0 Å². The van der Waals surface area contributed by atoms with E-state index in [9.17, 15) is 9.59 Å². The molecule has 0 aromatic heterocycles. The SMILES string of the molecule is [2H]C(C(=N)CC[C@@H]1SC[C@@H]2NC(=O)N[C@@H]21)C(=O)O. The summed E-state index contributed by atoms with van der Waals surface area (Å²) in [5.41, 5.74) is -0.0798. The number of urea groups is 1. The van der Waals surface area contributed by atoms with Crippen LogP contribution in [0.15, 0.2) is 0 Å². The van der Waals surface area contributed by atoms with E-state index in [4.69, 9.17) is 11.9 Å². The Hall–Kier alpha value is -1.24. The third kappa shape index (κ3) is 2.91. The minimum absolute atomic E-state index is 0.0595. The highest BCUT2D eigenvalue weighted by Crippen LogP contribution is 2.32. The van der Waals surface area contributed by atoms with E-state index >= 15 is 0 Å². The zero-order chi connectivity index (χ0) is 13.3. The summed E-state index contributed by atoms with van der Waals surface area (Å²) in [5, 5.41) is 22.0. The van der Waals surface area contributed by atoms with Gasteiger partial charge < -0.3 is 21.1 Å². The third-order valence-electron chi connectivity index (χ3n) is 2.93. The normalized spacial score (nSPS) is 33.3. The molecule has 2 aliphatic rings. The van der Waals surface area contributed by atoms with Gasteiger partial charge in [0.2, 0.25) is 0 Å². The fraction of sp³-hybridized carbons (Fsp3) is 0.700. The molecule has 0 bridgehead atoms. The molecule has 4 N–H and O–H groups in total. The number of rotatable bonds is 5. The Morgan fingerprint density at radius 1 is 1.65 bits per heavy atom. The van der Waals surface area contributed by atoms with Gasteiger partial charge in [0.1, 0.15) is 0 Å². The van der Waals surface area contributed by atoms with Crippen molar-refractivity contribution in [3.8, 4) is 0 Å². The number of amides is 2. The van der Waals surface area contributed by atoms with Crippen molar-refractivity contribution in [3.05, 3.63) is 0 Å². The van der Waals surface area contributed by atoms with Crippen LogP contribution in [-0.2, 0) is 4.79 Å². The maximum absolute atomic E-state index is 11.2. The first-order valence-electron chi connectivity index (χ1n) is 5.97. The Morgan fingerprint density at radius 3 is 3.12 bits per heavy atom. The monoisotopic (exact) mass is 258 g/mol. The summed E-state index contributed by atoms with van der Waals surface area (Å²) in [7, 11) is 0. The highest BCUT2D eigenvalue weighted by Gasteiger charge is 2.42. The van der Waals surface area contributed by atoms with Crippen LogP contribution >= 0.6 is 11.8 Å². The van der Waals surface area contributed by atoms with Crippen LogP contribution in [0, 0.1) is 5.41 Å². The number of carboxylic acid groups (broad SMARTS) is 1. The summed E-state index contributed by atoms with van der Waals surface area (Å²) >= 11 is 1.72. The van der Waals surface area contributed by atoms with Crippen LogP contribution in [0.25, 0.3) is 0 Å². The van der Waals surface area contributed by atoms with E-state index in [2.05, 4.69) is 10.6 Å². The van der Waals surface area contributed by atoms with Gasteiger partial charge in [-0.25, -0.2) is 4.79 Å². The molecule has 2 rings (SSSR count). The number of fused-ring (bicyclic) bond motifs is 1. The quantitative estimate of drug-likeness (QED) is 0.424. The van der Waals surface area contributed by atoms with Crippen molar-refractivity contribution in [2.75, 3.05) is 5.75 Å². The molecule has 6 nitrogen and oxygen atoms in total. The fourth-order valence-corrected chi connectivity index (χ4v) is 3.66. The molecule has 2 aliphatic heterocycles. The average molecular weight is 258 g/mol. The number of carbonyl (C=O) groups excluding carboxylic acids is 1. The first kappa shape index (κ1) is 10.9. The number of nitrogens with one attached hydrogen (secondary N) is 3. The molecule has 2 amide bonds.